The summed E-state index contributed by atoms with van der Waals surface area (Å²) in [6.45, 7) is 0.878. The molecule has 0 aliphatic rings. The molecule has 0 aliphatic heterocycles. The molecule has 134 valence electrons. The Morgan fingerprint density at radius 1 is 1.04 bits per heavy atom. The first-order valence-electron chi connectivity index (χ1n) is 8.07. The molecular weight excluding hydrogens is 338 g/mol. The van der Waals surface area contributed by atoms with Crippen LogP contribution in [0.1, 0.15) is 12.8 Å². The van der Waals surface area contributed by atoms with Crippen LogP contribution in [-0.2, 0) is 19.0 Å². The molecule has 0 radical (unpaired) electrons. The Kier molecular flexibility index (Phi) is 6.82. The number of ether oxygens (including phenoxy) is 1. The van der Waals surface area contributed by atoms with Crippen molar-refractivity contribution in [3.05, 3.63) is 36.4 Å². The summed E-state index contributed by atoms with van der Waals surface area (Å²) in [5, 5.41) is 1.53. The van der Waals surface area contributed by atoms with E-state index in [1.54, 1.807) is 18.2 Å². The highest BCUT2D eigenvalue weighted by Gasteiger charge is 2.19. The van der Waals surface area contributed by atoms with Crippen molar-refractivity contribution < 1.29 is 17.3 Å². The quantitative estimate of drug-likeness (QED) is 0.390. The summed E-state index contributed by atoms with van der Waals surface area (Å²) in [6, 6.07) is 10.8. The van der Waals surface area contributed by atoms with Gasteiger partial charge in [-0.05, 0) is 25.0 Å². The number of nitrogens with zero attached hydrogens (tertiary/aromatic N) is 1. The first-order chi connectivity index (χ1) is 12.0. The second kappa shape index (κ2) is 8.86. The van der Waals surface area contributed by atoms with Gasteiger partial charge in [0.1, 0.15) is 11.5 Å². The average molecular weight is 361 g/mol. The van der Waals surface area contributed by atoms with E-state index >= 15 is 0 Å². The lowest BCUT2D eigenvalue weighted by Gasteiger charge is -2.16. The summed E-state index contributed by atoms with van der Waals surface area (Å²) < 4.78 is 35.5. The fourth-order valence-electron chi connectivity index (χ4n) is 2.54. The van der Waals surface area contributed by atoms with Crippen LogP contribution in [0.3, 0.4) is 0 Å². The molecule has 0 atom stereocenters. The summed E-state index contributed by atoms with van der Waals surface area (Å²) in [5.74, 6) is 2.38. The number of fused-ring (bicyclic) bond motifs is 1. The van der Waals surface area contributed by atoms with Crippen molar-refractivity contribution in [1.29, 1.82) is 0 Å². The van der Waals surface area contributed by atoms with E-state index in [1.165, 1.54) is 0 Å². The molecule has 0 fully saturated rings. The molecule has 25 heavy (non-hydrogen) atoms. The Labute approximate surface area is 149 Å². The Morgan fingerprint density at radius 3 is 2.44 bits per heavy atom. The van der Waals surface area contributed by atoms with Crippen molar-refractivity contribution in [2.24, 2.45) is 0 Å². The highest BCUT2D eigenvalue weighted by molar-refractivity contribution is 7.87. The molecule has 0 spiro atoms. The minimum Gasteiger partial charge on any atom is -0.377 e. The zero-order valence-corrected chi connectivity index (χ0v) is 15.4. The lowest BCUT2D eigenvalue weighted by molar-refractivity contribution is 0.157. The van der Waals surface area contributed by atoms with Gasteiger partial charge >= 0.3 is 0 Å². The Hall–Kier alpha value is -2.07. The maximum Gasteiger partial charge on any atom is 0.297 e. The van der Waals surface area contributed by atoms with Crippen molar-refractivity contribution in [2.45, 2.75) is 17.7 Å². The molecule has 0 bridgehead atoms. The van der Waals surface area contributed by atoms with Crippen LogP contribution >= 0.6 is 0 Å². The summed E-state index contributed by atoms with van der Waals surface area (Å²) >= 11 is 0. The van der Waals surface area contributed by atoms with Crippen LogP contribution in [0.4, 0.5) is 5.69 Å². The van der Waals surface area contributed by atoms with Gasteiger partial charge in [0.25, 0.3) is 10.1 Å². The van der Waals surface area contributed by atoms with Gasteiger partial charge in [0.15, 0.2) is 0 Å². The zero-order valence-electron chi connectivity index (χ0n) is 14.6. The molecule has 0 amide bonds. The van der Waals surface area contributed by atoms with Gasteiger partial charge in [-0.1, -0.05) is 30.2 Å². The van der Waals surface area contributed by atoms with E-state index in [1.807, 2.05) is 37.2 Å². The Balaban J connectivity index is 2.12. The van der Waals surface area contributed by atoms with Gasteiger partial charge in [0, 0.05) is 37.2 Å². The molecule has 2 aromatic carbocycles. The third-order valence-electron chi connectivity index (χ3n) is 3.72. The molecule has 2 rings (SSSR count). The minimum absolute atomic E-state index is 0.117. The molecule has 0 aromatic heterocycles. The lowest BCUT2D eigenvalue weighted by Crippen LogP contribution is -2.11. The predicted octanol–water partition coefficient (Wildman–Crippen LogP) is 3.04. The highest BCUT2D eigenvalue weighted by Crippen LogP contribution is 2.30. The fraction of sp³-hybridized carbons (Fsp3) is 0.368. The fourth-order valence-corrected chi connectivity index (χ4v) is 3.70. The third kappa shape index (κ3) is 4.95. The van der Waals surface area contributed by atoms with E-state index < -0.39 is 10.1 Å². The number of unbranched alkanes of at least 4 members (excludes halogenated alkanes) is 1. The molecular formula is C19H23NO4S. The normalized spacial score (nSPS) is 11.4. The van der Waals surface area contributed by atoms with Crippen LogP contribution in [0, 0.1) is 12.3 Å². The van der Waals surface area contributed by atoms with E-state index in [4.69, 9.17) is 15.3 Å². The Morgan fingerprint density at radius 2 is 1.72 bits per heavy atom. The largest absolute Gasteiger partial charge is 0.377 e. The summed E-state index contributed by atoms with van der Waals surface area (Å²) in [7, 11) is 0.0322. The molecule has 0 unspecified atom stereocenters. The number of benzene rings is 2. The van der Waals surface area contributed by atoms with Crippen LogP contribution in [0.15, 0.2) is 41.3 Å². The number of anilines is 1. The summed E-state index contributed by atoms with van der Waals surface area (Å²) in [5.41, 5.74) is 0.959. The molecule has 0 saturated heterocycles. The third-order valence-corrected chi connectivity index (χ3v) is 5.09. The predicted molar refractivity (Wildman–Crippen MR) is 100 cm³/mol. The van der Waals surface area contributed by atoms with E-state index in [0.717, 1.165) is 11.1 Å². The average Bonchev–Trinajstić information content (AvgIpc) is 2.59. The number of rotatable bonds is 9. The van der Waals surface area contributed by atoms with E-state index in [2.05, 4.69) is 5.92 Å². The van der Waals surface area contributed by atoms with Gasteiger partial charge in [0.2, 0.25) is 0 Å². The monoisotopic (exact) mass is 361 g/mol. The van der Waals surface area contributed by atoms with Gasteiger partial charge in [-0.2, -0.15) is 8.42 Å². The maximum atomic E-state index is 12.6. The smallest absolute Gasteiger partial charge is 0.297 e. The SMILES string of the molecule is C#CCOCCCCOS(=O)(=O)c1cccc2c(N(C)C)cccc12. The summed E-state index contributed by atoms with van der Waals surface area (Å²) in [6.07, 6.45) is 6.36. The first kappa shape index (κ1) is 19.3. The summed E-state index contributed by atoms with van der Waals surface area (Å²) in [4.78, 5) is 2.15. The van der Waals surface area contributed by atoms with Crippen molar-refractivity contribution in [1.82, 2.24) is 0 Å². The van der Waals surface area contributed by atoms with E-state index in [9.17, 15) is 8.42 Å². The molecule has 0 N–H and O–H groups in total. The van der Waals surface area contributed by atoms with Gasteiger partial charge in [-0.25, -0.2) is 0 Å². The van der Waals surface area contributed by atoms with Crippen molar-refractivity contribution in [3.8, 4) is 12.3 Å². The lowest BCUT2D eigenvalue weighted by atomic mass is 10.1. The van der Waals surface area contributed by atoms with Gasteiger partial charge in [-0.15, -0.1) is 6.42 Å². The second-order valence-corrected chi connectivity index (χ2v) is 7.35. The Bertz CT molecular complexity index is 853. The van der Waals surface area contributed by atoms with Crippen LogP contribution in [0.25, 0.3) is 10.8 Å². The van der Waals surface area contributed by atoms with Crippen LogP contribution < -0.4 is 4.90 Å². The molecule has 6 heteroatoms. The van der Waals surface area contributed by atoms with Crippen LogP contribution in [-0.4, -0.2) is 42.3 Å². The van der Waals surface area contributed by atoms with Crippen LogP contribution in [0.5, 0.6) is 0 Å². The number of hydrogen-bond acceptors (Lipinski definition) is 5. The minimum atomic E-state index is -3.82. The molecule has 0 aliphatic carbocycles. The van der Waals surface area contributed by atoms with Gasteiger partial charge < -0.3 is 9.64 Å². The zero-order chi connectivity index (χ0) is 18.3. The van der Waals surface area contributed by atoms with Gasteiger partial charge in [0.05, 0.1) is 6.61 Å². The van der Waals surface area contributed by atoms with E-state index in [-0.39, 0.29) is 18.1 Å². The van der Waals surface area contributed by atoms with Crippen molar-refractivity contribution >= 4 is 26.6 Å². The molecule has 0 heterocycles. The van der Waals surface area contributed by atoms with Crippen molar-refractivity contribution in [3.63, 3.8) is 0 Å². The number of terminal acetylenes is 1. The number of hydrogen-bond donors (Lipinski definition) is 0. The molecule has 5 nitrogen and oxygen atoms in total. The standard InChI is InChI=1S/C19H23NO4S/c1-4-13-23-14-5-6-15-24-25(21,22)19-12-8-9-16-17(19)10-7-11-18(16)20(2)3/h1,7-12H,5-6,13-15H2,2-3H3. The topological polar surface area (TPSA) is 55.8 Å². The highest BCUT2D eigenvalue weighted by atomic mass is 32.2. The molecule has 2 aromatic rings. The van der Waals surface area contributed by atoms with Crippen molar-refractivity contribution in [2.75, 3.05) is 38.8 Å². The van der Waals surface area contributed by atoms with E-state index in [0.29, 0.717) is 24.8 Å². The second-order valence-electron chi connectivity index (χ2n) is 5.76. The van der Waals surface area contributed by atoms with Gasteiger partial charge in [-0.3, -0.25) is 4.18 Å². The first-order valence-corrected chi connectivity index (χ1v) is 9.48. The van der Waals surface area contributed by atoms with Crippen LogP contribution in [0.2, 0.25) is 0 Å². The molecule has 0 saturated carbocycles. The maximum absolute atomic E-state index is 12.6.